The maximum absolute atomic E-state index is 5.41. The molecular weight excluding hydrogens is 298 g/mol. The standard InChI is InChI=1S/C20H27N3O/c1-16-18(4-3-5-20(16)24-2)14-22-19-8-12-23(13-9-19)15-17-6-10-21-11-7-17/h3-7,10-11,19,22H,8-9,12-15H2,1-2H3. The maximum Gasteiger partial charge on any atom is 0.122 e. The van der Waals surface area contributed by atoms with Crippen LogP contribution in [0.3, 0.4) is 0 Å². The Kier molecular flexibility index (Phi) is 5.83. The van der Waals surface area contributed by atoms with E-state index in [0.717, 1.165) is 31.9 Å². The molecule has 1 aromatic carbocycles. The lowest BCUT2D eigenvalue weighted by Gasteiger charge is -2.32. The lowest BCUT2D eigenvalue weighted by Crippen LogP contribution is -2.41. The van der Waals surface area contributed by atoms with Crippen molar-refractivity contribution >= 4 is 0 Å². The first-order valence-electron chi connectivity index (χ1n) is 8.73. The Morgan fingerprint density at radius 1 is 1.17 bits per heavy atom. The molecule has 1 N–H and O–H groups in total. The smallest absolute Gasteiger partial charge is 0.122 e. The number of hydrogen-bond acceptors (Lipinski definition) is 4. The summed E-state index contributed by atoms with van der Waals surface area (Å²) in [4.78, 5) is 6.62. The van der Waals surface area contributed by atoms with Gasteiger partial charge in [-0.1, -0.05) is 12.1 Å². The third-order valence-electron chi connectivity index (χ3n) is 4.94. The Hall–Kier alpha value is -1.91. The third-order valence-corrected chi connectivity index (χ3v) is 4.94. The van der Waals surface area contributed by atoms with Crippen LogP contribution < -0.4 is 10.1 Å². The highest BCUT2D eigenvalue weighted by molar-refractivity contribution is 5.39. The van der Waals surface area contributed by atoms with Crippen LogP contribution >= 0.6 is 0 Å². The van der Waals surface area contributed by atoms with Crippen molar-refractivity contribution in [2.75, 3.05) is 20.2 Å². The highest BCUT2D eigenvalue weighted by atomic mass is 16.5. The minimum absolute atomic E-state index is 0.601. The number of likely N-dealkylation sites (tertiary alicyclic amines) is 1. The van der Waals surface area contributed by atoms with Crippen molar-refractivity contribution in [2.24, 2.45) is 0 Å². The van der Waals surface area contributed by atoms with Crippen molar-refractivity contribution in [3.05, 3.63) is 59.4 Å². The molecule has 0 amide bonds. The molecule has 0 aliphatic carbocycles. The first-order valence-corrected chi connectivity index (χ1v) is 8.73. The molecule has 1 fully saturated rings. The van der Waals surface area contributed by atoms with E-state index in [0.29, 0.717) is 6.04 Å². The zero-order valence-electron chi connectivity index (χ0n) is 14.7. The molecule has 0 spiro atoms. The van der Waals surface area contributed by atoms with E-state index >= 15 is 0 Å². The van der Waals surface area contributed by atoms with Crippen LogP contribution in [0.15, 0.2) is 42.7 Å². The fraction of sp³-hybridized carbons (Fsp3) is 0.450. The van der Waals surface area contributed by atoms with E-state index in [9.17, 15) is 0 Å². The summed E-state index contributed by atoms with van der Waals surface area (Å²) in [7, 11) is 1.73. The van der Waals surface area contributed by atoms with Crippen molar-refractivity contribution in [3.63, 3.8) is 0 Å². The van der Waals surface area contributed by atoms with Crippen LogP contribution in [0.4, 0.5) is 0 Å². The van der Waals surface area contributed by atoms with Gasteiger partial charge in [-0.05, 0) is 67.7 Å². The van der Waals surface area contributed by atoms with Crippen LogP contribution in [-0.4, -0.2) is 36.1 Å². The fourth-order valence-electron chi connectivity index (χ4n) is 3.37. The third kappa shape index (κ3) is 4.34. The average Bonchev–Trinajstić information content (AvgIpc) is 2.63. The molecule has 4 nitrogen and oxygen atoms in total. The predicted octanol–water partition coefficient (Wildman–Crippen LogP) is 3.15. The van der Waals surface area contributed by atoms with E-state index < -0.39 is 0 Å². The summed E-state index contributed by atoms with van der Waals surface area (Å²) < 4.78 is 5.41. The summed E-state index contributed by atoms with van der Waals surface area (Å²) in [5, 5.41) is 3.72. The second-order valence-electron chi connectivity index (χ2n) is 6.53. The van der Waals surface area contributed by atoms with Gasteiger partial charge in [0.05, 0.1) is 7.11 Å². The Bertz CT molecular complexity index is 637. The average molecular weight is 325 g/mol. The Morgan fingerprint density at radius 3 is 2.62 bits per heavy atom. The molecule has 4 heteroatoms. The van der Waals surface area contributed by atoms with E-state index in [1.807, 2.05) is 18.5 Å². The van der Waals surface area contributed by atoms with Gasteiger partial charge in [-0.2, -0.15) is 0 Å². The Labute approximate surface area is 144 Å². The second-order valence-corrected chi connectivity index (χ2v) is 6.53. The van der Waals surface area contributed by atoms with Crippen LogP contribution in [-0.2, 0) is 13.1 Å². The summed E-state index contributed by atoms with van der Waals surface area (Å²) in [6.07, 6.45) is 6.16. The number of piperidine rings is 1. The second kappa shape index (κ2) is 8.27. The molecule has 24 heavy (non-hydrogen) atoms. The molecular formula is C20H27N3O. The van der Waals surface area contributed by atoms with Crippen LogP contribution in [0, 0.1) is 6.92 Å². The summed E-state index contributed by atoms with van der Waals surface area (Å²) in [5.74, 6) is 0.974. The SMILES string of the molecule is COc1cccc(CNC2CCN(Cc3ccncc3)CC2)c1C. The van der Waals surface area contributed by atoms with Crippen molar-refractivity contribution in [2.45, 2.75) is 38.9 Å². The molecule has 1 aromatic heterocycles. The van der Waals surface area contributed by atoms with Gasteiger partial charge in [-0.15, -0.1) is 0 Å². The predicted molar refractivity (Wildman–Crippen MR) is 97.1 cm³/mol. The molecule has 0 atom stereocenters. The number of nitrogens with one attached hydrogen (secondary N) is 1. The normalized spacial score (nSPS) is 16.2. The minimum Gasteiger partial charge on any atom is -0.496 e. The van der Waals surface area contributed by atoms with Gasteiger partial charge in [-0.3, -0.25) is 9.88 Å². The van der Waals surface area contributed by atoms with Gasteiger partial charge in [0.25, 0.3) is 0 Å². The number of nitrogens with zero attached hydrogens (tertiary/aromatic N) is 2. The number of rotatable bonds is 6. The van der Waals surface area contributed by atoms with Gasteiger partial charge in [-0.25, -0.2) is 0 Å². The molecule has 0 radical (unpaired) electrons. The van der Waals surface area contributed by atoms with Gasteiger partial charge in [0.15, 0.2) is 0 Å². The molecule has 0 bridgehead atoms. The van der Waals surface area contributed by atoms with Gasteiger partial charge >= 0.3 is 0 Å². The molecule has 1 aliphatic rings. The quantitative estimate of drug-likeness (QED) is 0.885. The number of ether oxygens (including phenoxy) is 1. The molecule has 3 rings (SSSR count). The van der Waals surface area contributed by atoms with Crippen molar-refractivity contribution in [1.29, 1.82) is 0 Å². The highest BCUT2D eigenvalue weighted by Crippen LogP contribution is 2.21. The molecule has 1 aliphatic heterocycles. The molecule has 128 valence electrons. The fourth-order valence-corrected chi connectivity index (χ4v) is 3.37. The van der Waals surface area contributed by atoms with E-state index in [2.05, 4.69) is 46.4 Å². The van der Waals surface area contributed by atoms with Gasteiger partial charge in [0.2, 0.25) is 0 Å². The first kappa shape index (κ1) is 16.9. The highest BCUT2D eigenvalue weighted by Gasteiger charge is 2.19. The van der Waals surface area contributed by atoms with Crippen LogP contribution in [0.25, 0.3) is 0 Å². The largest absolute Gasteiger partial charge is 0.496 e. The van der Waals surface area contributed by atoms with Gasteiger partial charge < -0.3 is 10.1 Å². The van der Waals surface area contributed by atoms with Crippen LogP contribution in [0.2, 0.25) is 0 Å². The summed E-state index contributed by atoms with van der Waals surface area (Å²) >= 11 is 0. The summed E-state index contributed by atoms with van der Waals surface area (Å²) in [6, 6.07) is 11.1. The van der Waals surface area contributed by atoms with Crippen molar-refractivity contribution in [3.8, 4) is 5.75 Å². The lowest BCUT2D eigenvalue weighted by molar-refractivity contribution is 0.190. The number of methoxy groups -OCH3 is 1. The van der Waals surface area contributed by atoms with E-state index in [1.165, 1.54) is 29.5 Å². The van der Waals surface area contributed by atoms with Gasteiger partial charge in [0.1, 0.15) is 5.75 Å². The summed E-state index contributed by atoms with van der Waals surface area (Å²) in [5.41, 5.74) is 3.92. The van der Waals surface area contributed by atoms with Crippen molar-refractivity contribution in [1.82, 2.24) is 15.2 Å². The molecule has 2 heterocycles. The Morgan fingerprint density at radius 2 is 1.92 bits per heavy atom. The monoisotopic (exact) mass is 325 g/mol. The zero-order chi connectivity index (χ0) is 16.8. The summed E-state index contributed by atoms with van der Waals surface area (Å²) in [6.45, 7) is 6.38. The van der Waals surface area contributed by atoms with Gasteiger partial charge in [0, 0.05) is 31.5 Å². The number of hydrogen-bond donors (Lipinski definition) is 1. The van der Waals surface area contributed by atoms with Crippen LogP contribution in [0.5, 0.6) is 5.75 Å². The molecule has 0 unspecified atom stereocenters. The van der Waals surface area contributed by atoms with E-state index in [-0.39, 0.29) is 0 Å². The maximum atomic E-state index is 5.41. The topological polar surface area (TPSA) is 37.4 Å². The molecule has 0 saturated carbocycles. The number of benzene rings is 1. The first-order chi connectivity index (χ1) is 11.8. The molecule has 1 saturated heterocycles. The number of pyridine rings is 1. The minimum atomic E-state index is 0.601. The van der Waals surface area contributed by atoms with Crippen molar-refractivity contribution < 1.29 is 4.74 Å². The van der Waals surface area contributed by atoms with E-state index in [1.54, 1.807) is 7.11 Å². The number of aromatic nitrogens is 1. The zero-order valence-corrected chi connectivity index (χ0v) is 14.7. The van der Waals surface area contributed by atoms with E-state index in [4.69, 9.17) is 4.74 Å². The Balaban J connectivity index is 1.46. The lowest BCUT2D eigenvalue weighted by atomic mass is 10.0. The molecule has 2 aromatic rings. The van der Waals surface area contributed by atoms with Crippen LogP contribution in [0.1, 0.15) is 29.5 Å².